The summed E-state index contributed by atoms with van der Waals surface area (Å²) in [5.41, 5.74) is 1.13. The molecule has 0 bridgehead atoms. The molecule has 1 rings (SSSR count). The molecule has 4 heteroatoms. The summed E-state index contributed by atoms with van der Waals surface area (Å²) in [6, 6.07) is 3.93. The van der Waals surface area contributed by atoms with Crippen molar-refractivity contribution in [2.75, 3.05) is 13.7 Å². The lowest BCUT2D eigenvalue weighted by Crippen LogP contribution is -2.13. The van der Waals surface area contributed by atoms with Gasteiger partial charge >= 0.3 is 0 Å². The molecule has 100 valence electrons. The molecular weight excluding hydrogens is 294 g/mol. The van der Waals surface area contributed by atoms with Crippen LogP contribution in [0.1, 0.15) is 19.4 Å². The third kappa shape index (κ3) is 4.35. The van der Waals surface area contributed by atoms with Crippen LogP contribution < -0.4 is 14.8 Å². The molecule has 0 saturated heterocycles. The van der Waals surface area contributed by atoms with Crippen molar-refractivity contribution < 1.29 is 9.47 Å². The number of hydrogen-bond acceptors (Lipinski definition) is 3. The van der Waals surface area contributed by atoms with Gasteiger partial charge in [0, 0.05) is 17.6 Å². The topological polar surface area (TPSA) is 30.5 Å². The predicted octanol–water partition coefficient (Wildman–Crippen LogP) is 3.52. The van der Waals surface area contributed by atoms with Gasteiger partial charge in [-0.15, -0.1) is 6.58 Å². The predicted molar refractivity (Wildman–Crippen MR) is 78.4 cm³/mol. The number of methoxy groups -OCH3 is 1. The van der Waals surface area contributed by atoms with Crippen molar-refractivity contribution in [1.29, 1.82) is 0 Å². The molecule has 0 aliphatic carbocycles. The normalized spacial score (nSPS) is 10.5. The first-order valence-electron chi connectivity index (χ1n) is 5.93. The average molecular weight is 314 g/mol. The lowest BCUT2D eigenvalue weighted by Gasteiger charge is -2.16. The zero-order chi connectivity index (χ0) is 13.5. The third-order valence-electron chi connectivity index (χ3n) is 2.30. The Labute approximate surface area is 117 Å². The Morgan fingerprint density at radius 3 is 2.67 bits per heavy atom. The van der Waals surface area contributed by atoms with E-state index in [9.17, 15) is 0 Å². The number of rotatable bonds is 7. The fourth-order valence-corrected chi connectivity index (χ4v) is 1.99. The van der Waals surface area contributed by atoms with Crippen LogP contribution in [-0.2, 0) is 6.54 Å². The Bertz CT molecular complexity index is 405. The van der Waals surface area contributed by atoms with Crippen LogP contribution in [0.25, 0.3) is 0 Å². The number of nitrogens with one attached hydrogen (secondary N) is 1. The van der Waals surface area contributed by atoms with Crippen molar-refractivity contribution in [1.82, 2.24) is 5.32 Å². The van der Waals surface area contributed by atoms with E-state index in [0.717, 1.165) is 34.6 Å². The Balaban J connectivity index is 2.91. The van der Waals surface area contributed by atoms with Crippen LogP contribution in [0.4, 0.5) is 0 Å². The largest absolute Gasteiger partial charge is 0.493 e. The second-order valence-electron chi connectivity index (χ2n) is 4.18. The van der Waals surface area contributed by atoms with Gasteiger partial charge in [-0.05, 0) is 31.5 Å². The Hall–Kier alpha value is -1.00. The highest BCUT2D eigenvalue weighted by atomic mass is 79.9. The molecule has 1 aromatic rings. The van der Waals surface area contributed by atoms with E-state index in [1.807, 2.05) is 32.1 Å². The van der Waals surface area contributed by atoms with E-state index in [0.29, 0.717) is 0 Å². The van der Waals surface area contributed by atoms with Crippen molar-refractivity contribution in [3.8, 4) is 11.5 Å². The summed E-state index contributed by atoms with van der Waals surface area (Å²) in [5, 5.41) is 3.26. The molecular formula is C14H20BrNO2. The van der Waals surface area contributed by atoms with Crippen molar-refractivity contribution in [2.45, 2.75) is 26.5 Å². The third-order valence-corrected chi connectivity index (χ3v) is 3.04. The van der Waals surface area contributed by atoms with Crippen molar-refractivity contribution in [3.63, 3.8) is 0 Å². The van der Waals surface area contributed by atoms with Crippen molar-refractivity contribution in [3.05, 3.63) is 34.8 Å². The summed E-state index contributed by atoms with van der Waals surface area (Å²) < 4.78 is 12.1. The smallest absolute Gasteiger partial charge is 0.162 e. The van der Waals surface area contributed by atoms with Crippen LogP contribution >= 0.6 is 15.9 Å². The molecule has 1 aromatic carbocycles. The molecule has 0 aliphatic rings. The second-order valence-corrected chi connectivity index (χ2v) is 5.03. The highest BCUT2D eigenvalue weighted by molar-refractivity contribution is 9.10. The molecule has 0 aliphatic heterocycles. The average Bonchev–Trinajstić information content (AvgIpc) is 2.31. The Morgan fingerprint density at radius 1 is 1.39 bits per heavy atom. The number of ether oxygens (including phenoxy) is 2. The van der Waals surface area contributed by atoms with Crippen LogP contribution in [0.2, 0.25) is 0 Å². The van der Waals surface area contributed by atoms with E-state index in [-0.39, 0.29) is 6.10 Å². The highest BCUT2D eigenvalue weighted by Gasteiger charge is 2.11. The zero-order valence-electron chi connectivity index (χ0n) is 11.1. The van der Waals surface area contributed by atoms with Gasteiger partial charge in [-0.3, -0.25) is 0 Å². The molecule has 0 aromatic heterocycles. The van der Waals surface area contributed by atoms with Gasteiger partial charge in [-0.2, -0.15) is 0 Å². The molecule has 0 radical (unpaired) electrons. The van der Waals surface area contributed by atoms with Gasteiger partial charge in [0.2, 0.25) is 0 Å². The van der Waals surface area contributed by atoms with Crippen molar-refractivity contribution in [2.24, 2.45) is 0 Å². The van der Waals surface area contributed by atoms with Crippen LogP contribution in [0.3, 0.4) is 0 Å². The second kappa shape index (κ2) is 7.44. The van der Waals surface area contributed by atoms with Crippen molar-refractivity contribution >= 4 is 15.9 Å². The van der Waals surface area contributed by atoms with E-state index in [1.165, 1.54) is 0 Å². The Morgan fingerprint density at radius 2 is 2.11 bits per heavy atom. The molecule has 3 nitrogen and oxygen atoms in total. The molecule has 18 heavy (non-hydrogen) atoms. The minimum absolute atomic E-state index is 0.121. The first kappa shape index (κ1) is 15.1. The monoisotopic (exact) mass is 313 g/mol. The van der Waals surface area contributed by atoms with Gasteiger partial charge < -0.3 is 14.8 Å². The number of hydrogen-bond donors (Lipinski definition) is 1. The van der Waals surface area contributed by atoms with Gasteiger partial charge in [0.05, 0.1) is 13.2 Å². The van der Waals surface area contributed by atoms with Gasteiger partial charge in [-0.1, -0.05) is 22.0 Å². The zero-order valence-corrected chi connectivity index (χ0v) is 12.7. The minimum Gasteiger partial charge on any atom is -0.493 e. The van der Waals surface area contributed by atoms with E-state index < -0.39 is 0 Å². The maximum absolute atomic E-state index is 5.71. The van der Waals surface area contributed by atoms with E-state index in [4.69, 9.17) is 9.47 Å². The molecule has 0 unspecified atom stereocenters. The SMILES string of the molecule is C=CCNCc1cc(OC)c(OC(C)C)cc1Br. The molecule has 0 fully saturated rings. The molecule has 1 N–H and O–H groups in total. The summed E-state index contributed by atoms with van der Waals surface area (Å²) >= 11 is 3.55. The molecule has 0 amide bonds. The minimum atomic E-state index is 0.121. The van der Waals surface area contributed by atoms with Gasteiger partial charge in [0.15, 0.2) is 11.5 Å². The summed E-state index contributed by atoms with van der Waals surface area (Å²) in [4.78, 5) is 0. The lowest BCUT2D eigenvalue weighted by molar-refractivity contribution is 0.230. The van der Waals surface area contributed by atoms with E-state index >= 15 is 0 Å². The van der Waals surface area contributed by atoms with Gasteiger partial charge in [0.25, 0.3) is 0 Å². The standard InChI is InChI=1S/C14H20BrNO2/c1-5-6-16-9-11-7-13(17-4)14(8-12(11)15)18-10(2)3/h5,7-8,10,16H,1,6,9H2,2-4H3. The summed E-state index contributed by atoms with van der Waals surface area (Å²) in [6.45, 7) is 9.19. The van der Waals surface area contributed by atoms with Crippen LogP contribution in [0.15, 0.2) is 29.3 Å². The maximum atomic E-state index is 5.71. The van der Waals surface area contributed by atoms with Crippen LogP contribution in [0, 0.1) is 0 Å². The molecule has 0 atom stereocenters. The fraction of sp³-hybridized carbons (Fsp3) is 0.429. The lowest BCUT2D eigenvalue weighted by atomic mass is 10.2. The highest BCUT2D eigenvalue weighted by Crippen LogP contribution is 2.34. The quantitative estimate of drug-likeness (QED) is 0.617. The summed E-state index contributed by atoms with van der Waals surface area (Å²) in [6.07, 6.45) is 1.96. The maximum Gasteiger partial charge on any atom is 0.162 e. The van der Waals surface area contributed by atoms with E-state index in [1.54, 1.807) is 7.11 Å². The number of halogens is 1. The first-order valence-corrected chi connectivity index (χ1v) is 6.72. The molecule has 0 heterocycles. The van der Waals surface area contributed by atoms with Gasteiger partial charge in [-0.25, -0.2) is 0 Å². The van der Waals surface area contributed by atoms with Crippen LogP contribution in [-0.4, -0.2) is 19.8 Å². The summed E-state index contributed by atoms with van der Waals surface area (Å²) in [5.74, 6) is 1.51. The Kier molecular flexibility index (Phi) is 6.22. The molecule has 0 spiro atoms. The summed E-state index contributed by atoms with van der Waals surface area (Å²) in [7, 11) is 1.65. The van der Waals surface area contributed by atoms with Crippen LogP contribution in [0.5, 0.6) is 11.5 Å². The fourth-order valence-electron chi connectivity index (χ4n) is 1.53. The van der Waals surface area contributed by atoms with E-state index in [2.05, 4.69) is 27.8 Å². The number of benzene rings is 1. The first-order chi connectivity index (χ1) is 8.58. The molecule has 0 saturated carbocycles. The van der Waals surface area contributed by atoms with Gasteiger partial charge in [0.1, 0.15) is 0 Å².